The van der Waals surface area contributed by atoms with Gasteiger partial charge in [-0.2, -0.15) is 0 Å². The van der Waals surface area contributed by atoms with Crippen LogP contribution in [0.3, 0.4) is 0 Å². The van der Waals surface area contributed by atoms with Crippen molar-refractivity contribution in [3.63, 3.8) is 0 Å². The van der Waals surface area contributed by atoms with Crippen LogP contribution < -0.4 is 0 Å². The summed E-state index contributed by atoms with van der Waals surface area (Å²) in [6.45, 7) is 9.37. The highest BCUT2D eigenvalue weighted by Gasteiger charge is 2.35. The fraction of sp³-hybridized carbons (Fsp3) is 0.750. The minimum absolute atomic E-state index is 0.245. The van der Waals surface area contributed by atoms with E-state index in [1.807, 2.05) is 0 Å². The minimum atomic E-state index is 0.245. The van der Waals surface area contributed by atoms with Crippen molar-refractivity contribution < 1.29 is 4.79 Å². The molecule has 30 heavy (non-hydrogen) atoms. The molecule has 0 aliphatic carbocycles. The van der Waals surface area contributed by atoms with E-state index in [4.69, 9.17) is 0 Å². The Morgan fingerprint density at radius 2 is 1.77 bits per heavy atom. The molecule has 6 heteroatoms. The molecule has 0 bridgehead atoms. The van der Waals surface area contributed by atoms with Gasteiger partial charge >= 0.3 is 0 Å². The summed E-state index contributed by atoms with van der Waals surface area (Å²) in [5, 5.41) is 0. The van der Waals surface area contributed by atoms with Gasteiger partial charge in [-0.25, -0.2) is 0 Å². The molecular weight excluding hydrogens is 374 g/mol. The Balaban J connectivity index is 1.19. The number of pyridine rings is 1. The molecule has 3 saturated heterocycles. The van der Waals surface area contributed by atoms with E-state index in [0.717, 1.165) is 70.8 Å². The maximum atomic E-state index is 13.0. The summed E-state index contributed by atoms with van der Waals surface area (Å²) in [6.07, 6.45) is 5.67. The van der Waals surface area contributed by atoms with Gasteiger partial charge in [0, 0.05) is 56.4 Å². The summed E-state index contributed by atoms with van der Waals surface area (Å²) >= 11 is 0. The lowest BCUT2D eigenvalue weighted by molar-refractivity contribution is -0.136. The first kappa shape index (κ1) is 21.7. The molecular formula is C24H39N5O. The number of nitrogens with zero attached hydrogens (tertiary/aromatic N) is 5. The fourth-order valence-corrected chi connectivity index (χ4v) is 5.49. The monoisotopic (exact) mass is 413 g/mol. The maximum Gasteiger partial charge on any atom is 0.225 e. The highest BCUT2D eigenvalue weighted by atomic mass is 16.2. The Hall–Kier alpha value is -1.50. The third-order valence-electron chi connectivity index (χ3n) is 7.49. The van der Waals surface area contributed by atoms with E-state index < -0.39 is 0 Å². The van der Waals surface area contributed by atoms with Gasteiger partial charge in [-0.3, -0.25) is 14.7 Å². The van der Waals surface area contributed by atoms with E-state index in [1.54, 1.807) is 0 Å². The zero-order valence-corrected chi connectivity index (χ0v) is 19.1. The first-order chi connectivity index (χ1) is 14.5. The van der Waals surface area contributed by atoms with E-state index in [-0.39, 0.29) is 5.92 Å². The van der Waals surface area contributed by atoms with Crippen molar-refractivity contribution in [2.45, 2.75) is 57.7 Å². The summed E-state index contributed by atoms with van der Waals surface area (Å²) in [6, 6.07) is 7.54. The SMILES string of the molecule is Cc1cccc(CN2CCC(N3CCC(C(=O)N4CC[C@@H](N(C)C)C4)CC3)CC2)n1. The highest BCUT2D eigenvalue weighted by Crippen LogP contribution is 2.27. The molecule has 3 aliphatic rings. The lowest BCUT2D eigenvalue weighted by atomic mass is 9.92. The summed E-state index contributed by atoms with van der Waals surface area (Å²) in [7, 11) is 4.25. The molecule has 4 rings (SSSR count). The van der Waals surface area contributed by atoms with Gasteiger partial charge in [-0.1, -0.05) is 6.07 Å². The molecule has 166 valence electrons. The second-order valence-corrected chi connectivity index (χ2v) is 9.78. The topological polar surface area (TPSA) is 42.9 Å². The van der Waals surface area contributed by atoms with Gasteiger partial charge in [0.1, 0.15) is 0 Å². The molecule has 0 saturated carbocycles. The fourth-order valence-electron chi connectivity index (χ4n) is 5.49. The van der Waals surface area contributed by atoms with Crippen molar-refractivity contribution in [2.75, 3.05) is 53.4 Å². The third-order valence-corrected chi connectivity index (χ3v) is 7.49. The number of hydrogen-bond acceptors (Lipinski definition) is 5. The number of amides is 1. The smallest absolute Gasteiger partial charge is 0.225 e. The lowest BCUT2D eigenvalue weighted by Gasteiger charge is -2.42. The number of likely N-dealkylation sites (tertiary alicyclic amines) is 3. The number of piperidine rings is 2. The van der Waals surface area contributed by atoms with Crippen molar-refractivity contribution in [3.8, 4) is 0 Å². The van der Waals surface area contributed by atoms with Crippen LogP contribution in [0.25, 0.3) is 0 Å². The molecule has 4 heterocycles. The van der Waals surface area contributed by atoms with Gasteiger partial charge in [0.2, 0.25) is 5.91 Å². The molecule has 0 radical (unpaired) electrons. The van der Waals surface area contributed by atoms with Crippen LogP contribution in [0.15, 0.2) is 18.2 Å². The molecule has 6 nitrogen and oxygen atoms in total. The predicted octanol–water partition coefficient (Wildman–Crippen LogP) is 2.23. The highest BCUT2D eigenvalue weighted by molar-refractivity contribution is 5.79. The zero-order chi connectivity index (χ0) is 21.1. The van der Waals surface area contributed by atoms with Crippen LogP contribution in [0, 0.1) is 12.8 Å². The van der Waals surface area contributed by atoms with Gasteiger partial charge in [0.15, 0.2) is 0 Å². The van der Waals surface area contributed by atoms with Crippen molar-refractivity contribution in [3.05, 3.63) is 29.6 Å². The Morgan fingerprint density at radius 3 is 2.40 bits per heavy atom. The summed E-state index contributed by atoms with van der Waals surface area (Å²) < 4.78 is 0. The predicted molar refractivity (Wildman–Crippen MR) is 120 cm³/mol. The standard InChI is InChI=1S/C24H39N5O/c1-19-5-4-6-21(25-19)17-27-12-9-22(10-13-27)28-14-7-20(8-15-28)24(30)29-16-11-23(18-29)26(2)3/h4-6,20,22-23H,7-18H2,1-3H3/t23-/m1/s1. The van der Waals surface area contributed by atoms with Crippen LogP contribution in [0.2, 0.25) is 0 Å². The number of aromatic nitrogens is 1. The summed E-state index contributed by atoms with van der Waals surface area (Å²) in [4.78, 5) is 27.2. The Labute approximate surface area is 182 Å². The maximum absolute atomic E-state index is 13.0. The Kier molecular flexibility index (Phi) is 7.06. The number of hydrogen-bond donors (Lipinski definition) is 0. The quantitative estimate of drug-likeness (QED) is 0.741. The van der Waals surface area contributed by atoms with Gasteiger partial charge in [-0.15, -0.1) is 0 Å². The van der Waals surface area contributed by atoms with Crippen LogP contribution >= 0.6 is 0 Å². The molecule has 0 N–H and O–H groups in total. The lowest BCUT2D eigenvalue weighted by Crippen LogP contribution is -2.49. The van der Waals surface area contributed by atoms with E-state index in [1.165, 1.54) is 18.5 Å². The molecule has 1 aromatic heterocycles. The second-order valence-electron chi connectivity index (χ2n) is 9.78. The molecule has 0 aromatic carbocycles. The van der Waals surface area contributed by atoms with E-state index >= 15 is 0 Å². The molecule has 1 atom stereocenters. The number of aryl methyl sites for hydroxylation is 1. The Morgan fingerprint density at radius 1 is 1.03 bits per heavy atom. The normalized spacial score (nSPS) is 25.3. The van der Waals surface area contributed by atoms with Crippen molar-refractivity contribution in [1.29, 1.82) is 0 Å². The first-order valence-corrected chi connectivity index (χ1v) is 11.8. The number of carbonyl (C=O) groups is 1. The Bertz CT molecular complexity index is 707. The second kappa shape index (κ2) is 9.75. The van der Waals surface area contributed by atoms with Crippen LogP contribution in [0.5, 0.6) is 0 Å². The zero-order valence-electron chi connectivity index (χ0n) is 19.1. The van der Waals surface area contributed by atoms with Crippen molar-refractivity contribution >= 4 is 5.91 Å². The number of likely N-dealkylation sites (N-methyl/N-ethyl adjacent to an activating group) is 1. The van der Waals surface area contributed by atoms with Crippen LogP contribution in [-0.2, 0) is 11.3 Å². The third kappa shape index (κ3) is 5.21. The van der Waals surface area contributed by atoms with Gasteiger partial charge in [-0.05, 0) is 78.3 Å². The van der Waals surface area contributed by atoms with Gasteiger partial charge in [0.05, 0.1) is 5.69 Å². The average Bonchev–Trinajstić information content (AvgIpc) is 3.25. The van der Waals surface area contributed by atoms with Gasteiger partial charge in [0.25, 0.3) is 0 Å². The van der Waals surface area contributed by atoms with Crippen molar-refractivity contribution in [1.82, 2.24) is 24.6 Å². The van der Waals surface area contributed by atoms with E-state index in [9.17, 15) is 4.79 Å². The molecule has 3 fully saturated rings. The molecule has 0 spiro atoms. The molecule has 1 aromatic rings. The number of rotatable bonds is 5. The van der Waals surface area contributed by atoms with E-state index in [0.29, 0.717) is 18.0 Å². The summed E-state index contributed by atoms with van der Waals surface area (Å²) in [5.41, 5.74) is 2.29. The minimum Gasteiger partial charge on any atom is -0.341 e. The molecule has 0 unspecified atom stereocenters. The first-order valence-electron chi connectivity index (χ1n) is 11.8. The van der Waals surface area contributed by atoms with Crippen molar-refractivity contribution in [2.24, 2.45) is 5.92 Å². The van der Waals surface area contributed by atoms with E-state index in [2.05, 4.69) is 63.8 Å². The average molecular weight is 414 g/mol. The van der Waals surface area contributed by atoms with Crippen LogP contribution in [-0.4, -0.2) is 95.9 Å². The molecule has 1 amide bonds. The molecule has 3 aliphatic heterocycles. The summed E-state index contributed by atoms with van der Waals surface area (Å²) in [5.74, 6) is 0.661. The van der Waals surface area contributed by atoms with Crippen LogP contribution in [0.1, 0.15) is 43.5 Å². The van der Waals surface area contributed by atoms with Gasteiger partial charge < -0.3 is 14.7 Å². The largest absolute Gasteiger partial charge is 0.341 e. The van der Waals surface area contributed by atoms with Crippen LogP contribution in [0.4, 0.5) is 0 Å². The number of carbonyl (C=O) groups excluding carboxylic acids is 1.